The van der Waals surface area contributed by atoms with E-state index in [1.165, 1.54) is 31.4 Å². The van der Waals surface area contributed by atoms with Crippen molar-refractivity contribution in [2.75, 3.05) is 11.8 Å². The number of rotatable bonds is 8. The van der Waals surface area contributed by atoms with Crippen LogP contribution in [0.15, 0.2) is 88.7 Å². The summed E-state index contributed by atoms with van der Waals surface area (Å²) in [6, 6.07) is 19.6. The van der Waals surface area contributed by atoms with Gasteiger partial charge in [0.2, 0.25) is 0 Å². The summed E-state index contributed by atoms with van der Waals surface area (Å²) < 4.78 is 33.8. The van der Waals surface area contributed by atoms with Crippen molar-refractivity contribution in [3.8, 4) is 5.75 Å². The lowest BCUT2D eigenvalue weighted by atomic mass is 10.2. The van der Waals surface area contributed by atoms with Crippen molar-refractivity contribution in [2.45, 2.75) is 4.90 Å². The number of carbonyl (C=O) groups excluding carboxylic acids is 1. The lowest BCUT2D eigenvalue weighted by Crippen LogP contribution is -2.36. The number of halogens is 1. The van der Waals surface area contributed by atoms with Gasteiger partial charge >= 0.3 is 0 Å². The number of benzene rings is 3. The monoisotopic (exact) mass is 501 g/mol. The predicted octanol–water partition coefficient (Wildman–Crippen LogP) is 4.16. The van der Waals surface area contributed by atoms with E-state index in [0.717, 1.165) is 10.0 Å². The molecule has 0 saturated heterocycles. The molecule has 3 aromatic rings. The van der Waals surface area contributed by atoms with Gasteiger partial charge in [-0.25, -0.2) is 8.42 Å². The number of nitrogens with one attached hydrogen (secondary N) is 3. The van der Waals surface area contributed by atoms with Crippen LogP contribution in [-0.4, -0.2) is 21.4 Å². The second kappa shape index (κ2) is 9.67. The van der Waals surface area contributed by atoms with E-state index in [4.69, 9.17) is 4.74 Å². The molecular weight excluding hydrogens is 482 g/mol. The van der Waals surface area contributed by atoms with E-state index in [0.29, 0.717) is 17.1 Å². The summed E-state index contributed by atoms with van der Waals surface area (Å²) in [5.41, 5.74) is 7.08. The second-order valence-electron chi connectivity index (χ2n) is 6.40. The highest BCUT2D eigenvalue weighted by Crippen LogP contribution is 2.21. The first kappa shape index (κ1) is 22.4. The highest BCUT2D eigenvalue weighted by Gasteiger charge is 2.17. The number of amides is 1. The largest absolute Gasteiger partial charge is 0.497 e. The van der Waals surface area contributed by atoms with E-state index in [9.17, 15) is 13.2 Å². The Hall–Kier alpha value is -3.30. The minimum Gasteiger partial charge on any atom is -0.497 e. The molecule has 0 fully saturated rings. The molecule has 0 aliphatic carbocycles. The van der Waals surface area contributed by atoms with Gasteiger partial charge < -0.3 is 4.74 Å². The van der Waals surface area contributed by atoms with Gasteiger partial charge in [-0.05, 0) is 48.5 Å². The zero-order chi connectivity index (χ0) is 22.4. The van der Waals surface area contributed by atoms with E-state index in [2.05, 4.69) is 38.1 Å². The molecule has 3 N–H and O–H groups in total. The molecule has 7 nitrogen and oxygen atoms in total. The minimum atomic E-state index is -3.88. The van der Waals surface area contributed by atoms with Crippen LogP contribution in [0, 0.1) is 0 Å². The number of anilines is 1. The molecule has 31 heavy (non-hydrogen) atoms. The van der Waals surface area contributed by atoms with Gasteiger partial charge in [-0.2, -0.15) is 0 Å². The average Bonchev–Trinajstić information content (AvgIpc) is 2.78. The van der Waals surface area contributed by atoms with Crippen LogP contribution >= 0.6 is 15.9 Å². The van der Waals surface area contributed by atoms with Gasteiger partial charge in [0, 0.05) is 21.3 Å². The number of ether oxygens (including phenoxy) is 1. The first-order valence-electron chi connectivity index (χ1n) is 9.07. The van der Waals surface area contributed by atoms with Crippen LogP contribution in [0.2, 0.25) is 0 Å². The molecule has 0 unspecified atom stereocenters. The highest BCUT2D eigenvalue weighted by atomic mass is 79.9. The van der Waals surface area contributed by atoms with Crippen LogP contribution in [0.3, 0.4) is 0 Å². The van der Waals surface area contributed by atoms with Crippen molar-refractivity contribution in [1.29, 1.82) is 0 Å². The Balaban J connectivity index is 1.70. The maximum Gasteiger partial charge on any atom is 0.269 e. The molecule has 160 valence electrons. The van der Waals surface area contributed by atoms with Crippen molar-refractivity contribution in [1.82, 2.24) is 10.9 Å². The van der Waals surface area contributed by atoms with Crippen molar-refractivity contribution in [3.05, 3.63) is 95.0 Å². The van der Waals surface area contributed by atoms with E-state index in [-0.39, 0.29) is 10.5 Å². The molecule has 1 amide bonds. The van der Waals surface area contributed by atoms with Gasteiger partial charge in [-0.1, -0.05) is 46.8 Å². The van der Waals surface area contributed by atoms with E-state index in [1.807, 2.05) is 24.3 Å². The Labute approximate surface area is 189 Å². The number of carbonyl (C=O) groups is 1. The standard InChI is InChI=1S/C22H20BrN3O4S/c1-15(20-8-3-4-9-21(20)23)24-25-22(27)16-6-5-7-19(14-16)31(28,29)26-17-10-12-18(30-2)13-11-17/h3-14,24,26H,1H2,2H3,(H,25,27). The fourth-order valence-corrected chi connectivity index (χ4v) is 4.28. The molecule has 0 radical (unpaired) electrons. The smallest absolute Gasteiger partial charge is 0.269 e. The van der Waals surface area contributed by atoms with E-state index < -0.39 is 15.9 Å². The summed E-state index contributed by atoms with van der Waals surface area (Å²) in [5, 5.41) is 0. The van der Waals surface area contributed by atoms with Crippen LogP contribution < -0.4 is 20.3 Å². The van der Waals surface area contributed by atoms with E-state index >= 15 is 0 Å². The fourth-order valence-electron chi connectivity index (χ4n) is 2.66. The molecule has 0 heterocycles. The topological polar surface area (TPSA) is 96.5 Å². The molecule has 0 aliphatic rings. The SMILES string of the molecule is C=C(NNC(=O)c1cccc(S(=O)(=O)Nc2ccc(OC)cc2)c1)c1ccccc1Br. The van der Waals surface area contributed by atoms with Gasteiger partial charge in [0.1, 0.15) is 5.75 Å². The number of hydrogen-bond acceptors (Lipinski definition) is 5. The van der Waals surface area contributed by atoms with Crippen molar-refractivity contribution < 1.29 is 17.9 Å². The van der Waals surface area contributed by atoms with Gasteiger partial charge in [0.05, 0.1) is 17.7 Å². The molecular formula is C22H20BrN3O4S. The molecule has 0 bridgehead atoms. The molecule has 0 atom stereocenters. The van der Waals surface area contributed by atoms with Gasteiger partial charge in [-0.15, -0.1) is 0 Å². The zero-order valence-electron chi connectivity index (χ0n) is 16.6. The Morgan fingerprint density at radius 2 is 1.68 bits per heavy atom. The normalized spacial score (nSPS) is 10.8. The maximum atomic E-state index is 12.7. The first-order chi connectivity index (χ1) is 14.8. The van der Waals surface area contributed by atoms with Crippen LogP contribution in [0.25, 0.3) is 5.70 Å². The lowest BCUT2D eigenvalue weighted by Gasteiger charge is -2.13. The molecule has 3 aromatic carbocycles. The number of hydrazine groups is 1. The number of methoxy groups -OCH3 is 1. The third-order valence-electron chi connectivity index (χ3n) is 4.27. The van der Waals surface area contributed by atoms with Gasteiger partial charge in [0.25, 0.3) is 15.9 Å². The fraction of sp³-hybridized carbons (Fsp3) is 0.0455. The Morgan fingerprint density at radius 3 is 2.35 bits per heavy atom. The van der Waals surface area contributed by atoms with Crippen LogP contribution in [0.1, 0.15) is 15.9 Å². The van der Waals surface area contributed by atoms with Crippen LogP contribution in [0.5, 0.6) is 5.75 Å². The molecule has 0 spiro atoms. The van der Waals surface area contributed by atoms with Gasteiger partial charge in [0.15, 0.2) is 0 Å². The highest BCUT2D eigenvalue weighted by molar-refractivity contribution is 9.10. The molecule has 9 heteroatoms. The Morgan fingerprint density at radius 1 is 0.968 bits per heavy atom. The second-order valence-corrected chi connectivity index (χ2v) is 8.94. The number of sulfonamides is 1. The third kappa shape index (κ3) is 5.65. The quantitative estimate of drug-likeness (QED) is 0.402. The van der Waals surface area contributed by atoms with Crippen molar-refractivity contribution in [3.63, 3.8) is 0 Å². The van der Waals surface area contributed by atoms with Crippen LogP contribution in [-0.2, 0) is 10.0 Å². The van der Waals surface area contributed by atoms with Crippen molar-refractivity contribution >= 4 is 43.2 Å². The van der Waals surface area contributed by atoms with Crippen molar-refractivity contribution in [2.24, 2.45) is 0 Å². The average molecular weight is 502 g/mol. The van der Waals surface area contributed by atoms with E-state index in [1.54, 1.807) is 24.3 Å². The Kier molecular flexibility index (Phi) is 6.98. The molecule has 3 rings (SSSR count). The maximum absolute atomic E-state index is 12.7. The molecule has 0 saturated carbocycles. The summed E-state index contributed by atoms with van der Waals surface area (Å²) >= 11 is 3.42. The summed E-state index contributed by atoms with van der Waals surface area (Å²) in [7, 11) is -2.36. The summed E-state index contributed by atoms with van der Waals surface area (Å²) in [4.78, 5) is 12.5. The molecule has 0 aliphatic heterocycles. The predicted molar refractivity (Wildman–Crippen MR) is 124 cm³/mol. The number of hydrogen-bond donors (Lipinski definition) is 3. The summed E-state index contributed by atoms with van der Waals surface area (Å²) in [6.45, 7) is 3.90. The third-order valence-corrected chi connectivity index (χ3v) is 6.35. The molecule has 0 aromatic heterocycles. The van der Waals surface area contributed by atoms with Gasteiger partial charge in [-0.3, -0.25) is 20.4 Å². The summed E-state index contributed by atoms with van der Waals surface area (Å²) in [5.74, 6) is 0.105. The minimum absolute atomic E-state index is 0.0411. The first-order valence-corrected chi connectivity index (χ1v) is 11.3. The zero-order valence-corrected chi connectivity index (χ0v) is 19.0. The lowest BCUT2D eigenvalue weighted by molar-refractivity contribution is 0.0942. The summed E-state index contributed by atoms with van der Waals surface area (Å²) in [6.07, 6.45) is 0. The van der Waals surface area contributed by atoms with Crippen LogP contribution in [0.4, 0.5) is 5.69 Å². The Bertz CT molecular complexity index is 1210.